The molecule has 0 bridgehead atoms. The Morgan fingerprint density at radius 2 is 1.39 bits per heavy atom. The molecule has 1 aromatic carbocycles. The highest BCUT2D eigenvalue weighted by Gasteiger charge is 2.70. The molecule has 0 spiro atoms. The van der Waals surface area contributed by atoms with Crippen molar-refractivity contribution < 1.29 is 28.6 Å². The van der Waals surface area contributed by atoms with E-state index in [9.17, 15) is 14.4 Å². The Morgan fingerprint density at radius 3 is 1.79 bits per heavy atom. The van der Waals surface area contributed by atoms with E-state index < -0.39 is 40.8 Å². The number of rotatable bonds is 3. The van der Waals surface area contributed by atoms with Gasteiger partial charge in [-0.05, 0) is 53.5 Å². The van der Waals surface area contributed by atoms with Gasteiger partial charge in [-0.25, -0.2) is 14.4 Å². The summed E-state index contributed by atoms with van der Waals surface area (Å²) < 4.78 is 15.8. The molecule has 0 saturated heterocycles. The molecular formula is C21H29NO6. The number of carbonyl (C=O) groups is 3. The third kappa shape index (κ3) is 4.64. The first-order valence-corrected chi connectivity index (χ1v) is 9.21. The van der Waals surface area contributed by atoms with Crippen LogP contribution in [0.3, 0.4) is 0 Å². The average molecular weight is 391 g/mol. The zero-order valence-electron chi connectivity index (χ0n) is 17.6. The molecule has 2 rings (SSSR count). The third-order valence-electron chi connectivity index (χ3n) is 4.22. The van der Waals surface area contributed by atoms with E-state index in [0.717, 1.165) is 10.5 Å². The van der Waals surface area contributed by atoms with Gasteiger partial charge in [0, 0.05) is 5.92 Å². The molecule has 7 heteroatoms. The van der Waals surface area contributed by atoms with E-state index in [1.54, 1.807) is 41.5 Å². The summed E-state index contributed by atoms with van der Waals surface area (Å²) >= 11 is 0. The van der Waals surface area contributed by atoms with E-state index >= 15 is 0 Å². The van der Waals surface area contributed by atoms with Crippen molar-refractivity contribution in [1.29, 1.82) is 0 Å². The molecule has 2 amide bonds. The van der Waals surface area contributed by atoms with Crippen LogP contribution in [0, 0.1) is 0 Å². The number of methoxy groups -OCH3 is 1. The van der Waals surface area contributed by atoms with Crippen LogP contribution in [0.2, 0.25) is 0 Å². The molecule has 1 fully saturated rings. The topological polar surface area (TPSA) is 82.1 Å². The highest BCUT2D eigenvalue weighted by atomic mass is 16.6. The fraction of sp³-hybridized carbons (Fsp3) is 0.571. The monoisotopic (exact) mass is 391 g/mol. The van der Waals surface area contributed by atoms with Crippen LogP contribution in [0.5, 0.6) is 0 Å². The third-order valence-corrected chi connectivity index (χ3v) is 4.22. The summed E-state index contributed by atoms with van der Waals surface area (Å²) in [5.74, 6) is -1.08. The van der Waals surface area contributed by atoms with Crippen molar-refractivity contribution in [2.45, 2.75) is 70.6 Å². The van der Waals surface area contributed by atoms with Crippen LogP contribution in [0.25, 0.3) is 0 Å². The second-order valence-electron chi connectivity index (χ2n) is 8.88. The first-order valence-electron chi connectivity index (χ1n) is 9.21. The maximum absolute atomic E-state index is 13.0. The summed E-state index contributed by atoms with van der Waals surface area (Å²) in [5.41, 5.74) is -2.39. The van der Waals surface area contributed by atoms with Crippen molar-refractivity contribution in [3.63, 3.8) is 0 Å². The first kappa shape index (κ1) is 21.7. The van der Waals surface area contributed by atoms with Crippen LogP contribution in [-0.2, 0) is 19.0 Å². The lowest BCUT2D eigenvalue weighted by atomic mass is 10.1. The molecule has 28 heavy (non-hydrogen) atoms. The van der Waals surface area contributed by atoms with Crippen LogP contribution in [0.1, 0.15) is 59.4 Å². The minimum atomic E-state index is -1.50. The number of carbonyl (C=O) groups excluding carboxylic acids is 3. The van der Waals surface area contributed by atoms with Gasteiger partial charge in [-0.3, -0.25) is 0 Å². The van der Waals surface area contributed by atoms with E-state index in [4.69, 9.17) is 14.2 Å². The van der Waals surface area contributed by atoms with Gasteiger partial charge in [-0.15, -0.1) is 0 Å². The van der Waals surface area contributed by atoms with Crippen molar-refractivity contribution in [2.24, 2.45) is 0 Å². The summed E-state index contributed by atoms with van der Waals surface area (Å²) in [5, 5.41) is 0. The van der Waals surface area contributed by atoms with Crippen molar-refractivity contribution in [3.8, 4) is 0 Å². The van der Waals surface area contributed by atoms with Gasteiger partial charge < -0.3 is 14.2 Å². The molecule has 7 nitrogen and oxygen atoms in total. The van der Waals surface area contributed by atoms with Gasteiger partial charge in [0.1, 0.15) is 11.2 Å². The standard InChI is InChI=1S/C21H29NO6/c1-19(2,3)27-17(24)22(18(25)28-20(4,5)6)21(16(23)26-7)13-15(21)14-11-9-8-10-12-14/h8-12,15H,13H2,1-7H3/t15-,21-/m1/s1. The summed E-state index contributed by atoms with van der Waals surface area (Å²) in [7, 11) is 1.23. The van der Waals surface area contributed by atoms with Crippen LogP contribution in [0.15, 0.2) is 30.3 Å². The Hall–Kier alpha value is -2.57. The fourth-order valence-electron chi connectivity index (χ4n) is 3.09. The van der Waals surface area contributed by atoms with Gasteiger partial charge in [-0.2, -0.15) is 4.90 Å². The highest BCUT2D eigenvalue weighted by molar-refractivity contribution is 6.00. The largest absolute Gasteiger partial charge is 0.467 e. The zero-order chi connectivity index (χ0) is 21.3. The lowest BCUT2D eigenvalue weighted by molar-refractivity contribution is -0.148. The molecule has 1 saturated carbocycles. The summed E-state index contributed by atoms with van der Waals surface area (Å²) in [4.78, 5) is 39.5. The lowest BCUT2D eigenvalue weighted by Gasteiger charge is -2.33. The predicted octanol–water partition coefficient (Wildman–Crippen LogP) is 4.26. The van der Waals surface area contributed by atoms with Gasteiger partial charge >= 0.3 is 18.2 Å². The average Bonchev–Trinajstić information content (AvgIpc) is 3.28. The number of ether oxygens (including phenoxy) is 3. The Balaban J connectivity index is 2.49. The number of benzene rings is 1. The van der Waals surface area contributed by atoms with Gasteiger partial charge in [0.15, 0.2) is 5.54 Å². The molecule has 0 aromatic heterocycles. The Morgan fingerprint density at radius 1 is 0.929 bits per heavy atom. The minimum Gasteiger partial charge on any atom is -0.467 e. The van der Waals surface area contributed by atoms with Crippen LogP contribution in [-0.4, -0.2) is 46.9 Å². The normalized spacial score (nSPS) is 21.5. The van der Waals surface area contributed by atoms with E-state index in [1.807, 2.05) is 30.3 Å². The number of nitrogens with zero attached hydrogens (tertiary/aromatic N) is 1. The molecule has 0 radical (unpaired) electrons. The molecule has 2 atom stereocenters. The highest BCUT2D eigenvalue weighted by Crippen LogP contribution is 2.57. The Kier molecular flexibility index (Phi) is 5.78. The molecule has 1 aromatic rings. The molecule has 0 unspecified atom stereocenters. The second kappa shape index (κ2) is 7.45. The van der Waals surface area contributed by atoms with Gasteiger partial charge in [0.25, 0.3) is 0 Å². The fourth-order valence-corrected chi connectivity index (χ4v) is 3.09. The van der Waals surface area contributed by atoms with E-state index in [-0.39, 0.29) is 6.42 Å². The number of imide groups is 1. The van der Waals surface area contributed by atoms with Crippen LogP contribution >= 0.6 is 0 Å². The molecule has 0 aliphatic heterocycles. The number of hydrogen-bond acceptors (Lipinski definition) is 6. The zero-order valence-corrected chi connectivity index (χ0v) is 17.6. The van der Waals surface area contributed by atoms with Crippen molar-refractivity contribution in [3.05, 3.63) is 35.9 Å². The van der Waals surface area contributed by atoms with Crippen molar-refractivity contribution >= 4 is 18.2 Å². The SMILES string of the molecule is COC(=O)[C@@]1(N(C(=O)OC(C)(C)C)C(=O)OC(C)(C)C)C[C@@H]1c1ccccc1. The predicted molar refractivity (Wildman–Crippen MR) is 103 cm³/mol. The van der Waals surface area contributed by atoms with E-state index in [2.05, 4.69) is 0 Å². The van der Waals surface area contributed by atoms with Gasteiger partial charge in [-0.1, -0.05) is 30.3 Å². The summed E-state index contributed by atoms with van der Waals surface area (Å²) in [6, 6.07) is 9.21. The number of amides is 2. The summed E-state index contributed by atoms with van der Waals surface area (Å²) in [6.07, 6.45) is -1.64. The van der Waals surface area contributed by atoms with Crippen LogP contribution in [0.4, 0.5) is 9.59 Å². The maximum Gasteiger partial charge on any atom is 0.420 e. The minimum absolute atomic E-state index is 0.238. The van der Waals surface area contributed by atoms with Gasteiger partial charge in [0.05, 0.1) is 7.11 Å². The quantitative estimate of drug-likeness (QED) is 0.566. The van der Waals surface area contributed by atoms with E-state index in [0.29, 0.717) is 0 Å². The van der Waals surface area contributed by atoms with Gasteiger partial charge in [0.2, 0.25) is 0 Å². The number of hydrogen-bond donors (Lipinski definition) is 0. The molecule has 1 aliphatic carbocycles. The van der Waals surface area contributed by atoms with Crippen molar-refractivity contribution in [2.75, 3.05) is 7.11 Å². The second-order valence-corrected chi connectivity index (χ2v) is 8.88. The summed E-state index contributed by atoms with van der Waals surface area (Å²) in [6.45, 7) is 10.1. The molecule has 0 heterocycles. The molecule has 154 valence electrons. The number of esters is 1. The molecular weight excluding hydrogens is 362 g/mol. The van der Waals surface area contributed by atoms with Crippen LogP contribution < -0.4 is 0 Å². The smallest absolute Gasteiger partial charge is 0.420 e. The Labute approximate surface area is 165 Å². The maximum atomic E-state index is 13.0. The van der Waals surface area contributed by atoms with E-state index in [1.165, 1.54) is 7.11 Å². The lowest BCUT2D eigenvalue weighted by Crippen LogP contribution is -2.54. The first-order chi connectivity index (χ1) is 12.8. The molecule has 0 N–H and O–H groups in total. The Bertz CT molecular complexity index is 718. The van der Waals surface area contributed by atoms with Crippen molar-refractivity contribution in [1.82, 2.24) is 4.90 Å². The molecule has 1 aliphatic rings.